The first-order valence-electron chi connectivity index (χ1n) is 8.81. The van der Waals surface area contributed by atoms with Crippen LogP contribution in [0.5, 0.6) is 0 Å². The molecule has 1 N–H and O–H groups in total. The molecule has 2 heteroatoms. The van der Waals surface area contributed by atoms with Gasteiger partial charge in [0.05, 0.1) is 6.10 Å². The minimum absolute atomic E-state index is 0.312. The van der Waals surface area contributed by atoms with Crippen molar-refractivity contribution in [3.8, 4) is 0 Å². The highest BCUT2D eigenvalue weighted by Crippen LogP contribution is 2.49. The lowest BCUT2D eigenvalue weighted by atomic mass is 9.64. The normalized spacial score (nSPS) is 42.1. The largest absolute Gasteiger partial charge is 0.377 e. The van der Waals surface area contributed by atoms with Crippen LogP contribution >= 0.6 is 0 Å². The molecule has 0 amide bonds. The van der Waals surface area contributed by atoms with Crippen LogP contribution in [0.4, 0.5) is 0 Å². The number of rotatable bonds is 6. The molecular formula is C18H33NO. The van der Waals surface area contributed by atoms with Gasteiger partial charge in [-0.05, 0) is 55.9 Å². The maximum Gasteiger partial charge on any atom is 0.0656 e. The van der Waals surface area contributed by atoms with E-state index in [-0.39, 0.29) is 0 Å². The van der Waals surface area contributed by atoms with Crippen LogP contribution in [-0.2, 0) is 4.74 Å². The van der Waals surface area contributed by atoms with Crippen molar-refractivity contribution in [3.05, 3.63) is 0 Å². The van der Waals surface area contributed by atoms with E-state index in [2.05, 4.69) is 33.0 Å². The molecule has 20 heavy (non-hydrogen) atoms. The monoisotopic (exact) mass is 279 g/mol. The lowest BCUT2D eigenvalue weighted by molar-refractivity contribution is -0.124. The molecule has 0 spiro atoms. The molecule has 3 saturated carbocycles. The molecule has 0 radical (unpaired) electrons. The smallest absolute Gasteiger partial charge is 0.0656 e. The highest BCUT2D eigenvalue weighted by atomic mass is 16.5. The maximum atomic E-state index is 6.07. The molecule has 5 atom stereocenters. The predicted octanol–water partition coefficient (Wildman–Crippen LogP) is 3.85. The molecule has 0 saturated heterocycles. The van der Waals surface area contributed by atoms with Crippen LogP contribution in [0.15, 0.2) is 0 Å². The van der Waals surface area contributed by atoms with E-state index in [1.807, 2.05) is 0 Å². The Balaban J connectivity index is 1.41. The zero-order valence-electron chi connectivity index (χ0n) is 13.8. The van der Waals surface area contributed by atoms with E-state index in [9.17, 15) is 0 Å². The van der Waals surface area contributed by atoms with Crippen molar-refractivity contribution in [2.75, 3.05) is 13.2 Å². The Morgan fingerprint density at radius 3 is 2.50 bits per heavy atom. The van der Waals surface area contributed by atoms with E-state index in [4.69, 9.17) is 4.74 Å². The van der Waals surface area contributed by atoms with Crippen LogP contribution in [0.25, 0.3) is 0 Å². The fourth-order valence-corrected chi connectivity index (χ4v) is 4.74. The van der Waals surface area contributed by atoms with E-state index in [0.717, 1.165) is 24.4 Å². The van der Waals surface area contributed by atoms with Gasteiger partial charge in [0.2, 0.25) is 0 Å². The van der Waals surface area contributed by atoms with Gasteiger partial charge in [-0.25, -0.2) is 0 Å². The van der Waals surface area contributed by atoms with Crippen molar-refractivity contribution >= 4 is 0 Å². The molecule has 3 fully saturated rings. The van der Waals surface area contributed by atoms with E-state index < -0.39 is 0 Å². The van der Waals surface area contributed by atoms with Gasteiger partial charge in [-0.2, -0.15) is 0 Å². The number of ether oxygens (including phenoxy) is 1. The topological polar surface area (TPSA) is 21.3 Å². The van der Waals surface area contributed by atoms with Crippen LogP contribution in [0.2, 0.25) is 0 Å². The molecule has 3 rings (SSSR count). The summed E-state index contributed by atoms with van der Waals surface area (Å²) in [5, 5.41) is 3.87. The molecule has 0 aliphatic heterocycles. The molecule has 0 aromatic carbocycles. The average molecular weight is 279 g/mol. The predicted molar refractivity (Wildman–Crippen MR) is 83.7 cm³/mol. The van der Waals surface area contributed by atoms with E-state index in [1.54, 1.807) is 0 Å². The van der Waals surface area contributed by atoms with Gasteiger partial charge in [-0.3, -0.25) is 0 Å². The molecule has 0 heterocycles. The van der Waals surface area contributed by atoms with E-state index >= 15 is 0 Å². The first-order valence-corrected chi connectivity index (χ1v) is 8.81. The Kier molecular flexibility index (Phi) is 4.16. The lowest BCUT2D eigenvalue weighted by Gasteiger charge is -2.52. The SMILES string of the molecule is CC(C)COC1CC(NCC2CC3CCC2C3)C1(C)C. The quantitative estimate of drug-likeness (QED) is 0.797. The summed E-state index contributed by atoms with van der Waals surface area (Å²) in [6.07, 6.45) is 7.72. The van der Waals surface area contributed by atoms with E-state index in [0.29, 0.717) is 23.5 Å². The molecule has 3 aliphatic carbocycles. The minimum atomic E-state index is 0.312. The summed E-state index contributed by atoms with van der Waals surface area (Å²) in [5.41, 5.74) is 0.312. The summed E-state index contributed by atoms with van der Waals surface area (Å²) in [5.74, 6) is 3.74. The molecule has 3 aliphatic rings. The Morgan fingerprint density at radius 2 is 1.95 bits per heavy atom. The number of nitrogens with one attached hydrogen (secondary N) is 1. The first kappa shape index (κ1) is 14.8. The highest BCUT2D eigenvalue weighted by Gasteiger charge is 2.49. The highest BCUT2D eigenvalue weighted by molar-refractivity contribution is 5.03. The van der Waals surface area contributed by atoms with Crippen molar-refractivity contribution in [2.24, 2.45) is 29.1 Å². The van der Waals surface area contributed by atoms with Crippen LogP contribution in [0.3, 0.4) is 0 Å². The molecule has 5 unspecified atom stereocenters. The van der Waals surface area contributed by atoms with Crippen molar-refractivity contribution < 1.29 is 4.74 Å². The van der Waals surface area contributed by atoms with Crippen LogP contribution in [-0.4, -0.2) is 25.3 Å². The van der Waals surface area contributed by atoms with Crippen LogP contribution in [0.1, 0.15) is 59.8 Å². The Bertz CT molecular complexity index is 338. The summed E-state index contributed by atoms with van der Waals surface area (Å²) < 4.78 is 6.07. The molecule has 116 valence electrons. The molecule has 0 aromatic heterocycles. The van der Waals surface area contributed by atoms with Gasteiger partial charge in [-0.15, -0.1) is 0 Å². The third-order valence-electron chi connectivity index (χ3n) is 6.32. The summed E-state index contributed by atoms with van der Waals surface area (Å²) in [4.78, 5) is 0. The zero-order chi connectivity index (χ0) is 14.3. The summed E-state index contributed by atoms with van der Waals surface area (Å²) in [6.45, 7) is 11.4. The fraction of sp³-hybridized carbons (Fsp3) is 1.00. The maximum absolute atomic E-state index is 6.07. The minimum Gasteiger partial charge on any atom is -0.377 e. The second kappa shape index (κ2) is 5.61. The zero-order valence-corrected chi connectivity index (χ0v) is 13.8. The number of fused-ring (bicyclic) bond motifs is 2. The second-order valence-electron chi connectivity index (χ2n) is 8.67. The molecule has 0 aromatic rings. The van der Waals surface area contributed by atoms with Crippen molar-refractivity contribution in [1.82, 2.24) is 5.32 Å². The summed E-state index contributed by atoms with van der Waals surface area (Å²) >= 11 is 0. The van der Waals surface area contributed by atoms with Crippen molar-refractivity contribution in [3.63, 3.8) is 0 Å². The number of hydrogen-bond donors (Lipinski definition) is 1. The number of hydrogen-bond acceptors (Lipinski definition) is 2. The molecular weight excluding hydrogens is 246 g/mol. The lowest BCUT2D eigenvalue weighted by Crippen LogP contribution is -2.61. The second-order valence-corrected chi connectivity index (χ2v) is 8.67. The average Bonchev–Trinajstić information content (AvgIpc) is 2.98. The molecule has 2 bridgehead atoms. The first-order chi connectivity index (χ1) is 9.46. The Hall–Kier alpha value is -0.0800. The van der Waals surface area contributed by atoms with Gasteiger partial charge < -0.3 is 10.1 Å². The third-order valence-corrected chi connectivity index (χ3v) is 6.32. The van der Waals surface area contributed by atoms with Gasteiger partial charge in [0.1, 0.15) is 0 Å². The van der Waals surface area contributed by atoms with Crippen LogP contribution in [0, 0.1) is 29.1 Å². The van der Waals surface area contributed by atoms with Gasteiger partial charge in [0.25, 0.3) is 0 Å². The summed E-state index contributed by atoms with van der Waals surface area (Å²) in [7, 11) is 0. The van der Waals surface area contributed by atoms with E-state index in [1.165, 1.54) is 38.6 Å². The Labute approximate surface area is 125 Å². The fourth-order valence-electron chi connectivity index (χ4n) is 4.74. The van der Waals surface area contributed by atoms with Gasteiger partial charge in [0.15, 0.2) is 0 Å². The van der Waals surface area contributed by atoms with Crippen LogP contribution < -0.4 is 5.32 Å². The van der Waals surface area contributed by atoms with Gasteiger partial charge in [-0.1, -0.05) is 34.1 Å². The standard InChI is InChI=1S/C18H33NO/c1-12(2)11-20-17-9-16(18(17,3)4)19-10-15-8-13-5-6-14(15)7-13/h12-17,19H,5-11H2,1-4H3. The third kappa shape index (κ3) is 2.78. The Morgan fingerprint density at radius 1 is 1.15 bits per heavy atom. The van der Waals surface area contributed by atoms with Crippen molar-refractivity contribution in [2.45, 2.75) is 71.9 Å². The summed E-state index contributed by atoms with van der Waals surface area (Å²) in [6, 6.07) is 0.666. The van der Waals surface area contributed by atoms with Gasteiger partial charge >= 0.3 is 0 Å². The van der Waals surface area contributed by atoms with Crippen molar-refractivity contribution in [1.29, 1.82) is 0 Å². The van der Waals surface area contributed by atoms with Gasteiger partial charge in [0, 0.05) is 18.1 Å². The molecule has 2 nitrogen and oxygen atoms in total.